The smallest absolute Gasteiger partial charge is 0.422 e. The number of nitrogens with zero attached hydrogens (tertiary/aromatic N) is 3. The third kappa shape index (κ3) is 6.02. The van der Waals surface area contributed by atoms with E-state index in [0.29, 0.717) is 10.8 Å². The van der Waals surface area contributed by atoms with Crippen molar-refractivity contribution in [2.24, 2.45) is 5.92 Å². The van der Waals surface area contributed by atoms with Crippen LogP contribution in [0.5, 0.6) is 11.5 Å². The van der Waals surface area contributed by atoms with Gasteiger partial charge in [0.2, 0.25) is 0 Å². The first-order chi connectivity index (χ1) is 14.4. The lowest BCUT2D eigenvalue weighted by molar-refractivity contribution is -0.158. The van der Waals surface area contributed by atoms with Crippen LogP contribution in [0.2, 0.25) is 0 Å². The maximum absolute atomic E-state index is 12.6. The maximum Gasteiger partial charge on any atom is 0.422 e. The first-order valence-electron chi connectivity index (χ1n) is 9.25. The standard InChI is InChI=1S/C20H19F6N3O2/c1-12(2)18(29-6-5-27-28-29)14-4-3-13-8-16(30-10-19(21,22)23)17(9-15(13)7-14)31-11-20(24,25)26/h3-9,12,18H,10-11H2,1-2H3. The van der Waals surface area contributed by atoms with Gasteiger partial charge >= 0.3 is 12.4 Å². The number of ether oxygens (including phenoxy) is 2. The predicted molar refractivity (Wildman–Crippen MR) is 100 cm³/mol. The molecule has 5 nitrogen and oxygen atoms in total. The van der Waals surface area contributed by atoms with Crippen LogP contribution in [0.25, 0.3) is 10.8 Å². The number of alkyl halides is 6. The zero-order chi connectivity index (χ0) is 22.8. The zero-order valence-electron chi connectivity index (χ0n) is 16.5. The Kier molecular flexibility index (Phi) is 6.33. The number of fused-ring (bicyclic) bond motifs is 1. The molecule has 0 saturated heterocycles. The molecule has 2 aromatic carbocycles. The Morgan fingerprint density at radius 1 is 0.871 bits per heavy atom. The van der Waals surface area contributed by atoms with Crippen LogP contribution in [0.1, 0.15) is 25.5 Å². The lowest BCUT2D eigenvalue weighted by Gasteiger charge is -2.22. The highest BCUT2D eigenvalue weighted by Crippen LogP contribution is 2.37. The van der Waals surface area contributed by atoms with Gasteiger partial charge < -0.3 is 9.47 Å². The van der Waals surface area contributed by atoms with E-state index in [1.807, 2.05) is 13.8 Å². The summed E-state index contributed by atoms with van der Waals surface area (Å²) in [5, 5.41) is 8.80. The number of hydrogen-bond donors (Lipinski definition) is 0. The largest absolute Gasteiger partial charge is 0.480 e. The topological polar surface area (TPSA) is 49.2 Å². The maximum atomic E-state index is 12.6. The highest BCUT2D eigenvalue weighted by atomic mass is 19.4. The minimum atomic E-state index is -4.66. The molecule has 1 unspecified atom stereocenters. The van der Waals surface area contributed by atoms with E-state index in [-0.39, 0.29) is 12.0 Å². The van der Waals surface area contributed by atoms with Crippen LogP contribution in [-0.2, 0) is 0 Å². The minimum absolute atomic E-state index is 0.106. The average molecular weight is 447 g/mol. The minimum Gasteiger partial charge on any atom is -0.480 e. The molecule has 1 heterocycles. The second kappa shape index (κ2) is 8.64. The summed E-state index contributed by atoms with van der Waals surface area (Å²) in [4.78, 5) is 0. The third-order valence-electron chi connectivity index (χ3n) is 4.41. The summed E-state index contributed by atoms with van der Waals surface area (Å²) in [5.41, 5.74) is 0.804. The molecule has 0 saturated carbocycles. The van der Waals surface area contributed by atoms with E-state index in [0.717, 1.165) is 5.56 Å². The monoisotopic (exact) mass is 447 g/mol. The fraction of sp³-hybridized carbons (Fsp3) is 0.400. The van der Waals surface area contributed by atoms with Gasteiger partial charge in [-0.05, 0) is 40.5 Å². The molecule has 0 radical (unpaired) electrons. The van der Waals surface area contributed by atoms with E-state index in [1.54, 1.807) is 29.1 Å². The Balaban J connectivity index is 2.02. The first-order valence-corrected chi connectivity index (χ1v) is 9.25. The van der Waals surface area contributed by atoms with E-state index in [1.165, 1.54) is 18.3 Å². The molecule has 1 aromatic heterocycles. The summed E-state index contributed by atoms with van der Waals surface area (Å²) in [6, 6.07) is 7.44. The van der Waals surface area contributed by atoms with Gasteiger partial charge in [-0.3, -0.25) is 0 Å². The summed E-state index contributed by atoms with van der Waals surface area (Å²) in [7, 11) is 0. The normalized spacial score (nSPS) is 13.6. The molecule has 1 atom stereocenters. The van der Waals surface area contributed by atoms with Crippen LogP contribution in [0, 0.1) is 5.92 Å². The molecule has 0 N–H and O–H groups in total. The van der Waals surface area contributed by atoms with Crippen molar-refractivity contribution < 1.29 is 35.8 Å². The molecule has 0 amide bonds. The van der Waals surface area contributed by atoms with Crippen LogP contribution in [0.3, 0.4) is 0 Å². The number of halogens is 6. The van der Waals surface area contributed by atoms with Crippen molar-refractivity contribution in [3.05, 3.63) is 48.3 Å². The van der Waals surface area contributed by atoms with E-state index in [9.17, 15) is 26.3 Å². The average Bonchev–Trinajstić information content (AvgIpc) is 3.17. The lowest BCUT2D eigenvalue weighted by atomic mass is 9.94. The predicted octanol–water partition coefficient (Wildman–Crippen LogP) is 5.56. The zero-order valence-corrected chi connectivity index (χ0v) is 16.5. The summed E-state index contributed by atoms with van der Waals surface area (Å²) in [6.45, 7) is 0.639. The second-order valence-electron chi connectivity index (χ2n) is 7.29. The van der Waals surface area contributed by atoms with Crippen molar-refractivity contribution >= 4 is 10.8 Å². The lowest BCUT2D eigenvalue weighted by Crippen LogP contribution is -2.21. The van der Waals surface area contributed by atoms with Crippen LogP contribution in [0.4, 0.5) is 26.3 Å². The van der Waals surface area contributed by atoms with Gasteiger partial charge in [0, 0.05) is 6.20 Å². The quantitative estimate of drug-likeness (QED) is 0.445. The third-order valence-corrected chi connectivity index (χ3v) is 4.41. The molecular formula is C20H19F6N3O2. The Morgan fingerprint density at radius 3 is 1.94 bits per heavy atom. The second-order valence-corrected chi connectivity index (χ2v) is 7.29. The molecular weight excluding hydrogens is 428 g/mol. The molecule has 0 spiro atoms. The van der Waals surface area contributed by atoms with Gasteiger partial charge in [0.1, 0.15) is 0 Å². The first kappa shape index (κ1) is 22.7. The summed E-state index contributed by atoms with van der Waals surface area (Å²) in [6.07, 6.45) is -6.08. The Hall–Kier alpha value is -2.98. The van der Waals surface area contributed by atoms with E-state index in [4.69, 9.17) is 9.47 Å². The van der Waals surface area contributed by atoms with Gasteiger partial charge in [-0.25, -0.2) is 4.68 Å². The van der Waals surface area contributed by atoms with Gasteiger partial charge in [0.25, 0.3) is 0 Å². The summed E-state index contributed by atoms with van der Waals surface area (Å²) < 4.78 is 86.6. The molecule has 0 fully saturated rings. The molecule has 3 rings (SSSR count). The highest BCUT2D eigenvalue weighted by Gasteiger charge is 2.31. The van der Waals surface area contributed by atoms with Crippen molar-refractivity contribution in [2.75, 3.05) is 13.2 Å². The van der Waals surface area contributed by atoms with Crippen molar-refractivity contribution in [1.29, 1.82) is 0 Å². The van der Waals surface area contributed by atoms with Crippen LogP contribution < -0.4 is 9.47 Å². The van der Waals surface area contributed by atoms with E-state index < -0.39 is 37.1 Å². The molecule has 3 aromatic rings. The fourth-order valence-electron chi connectivity index (χ4n) is 3.21. The van der Waals surface area contributed by atoms with Gasteiger partial charge in [0.05, 0.1) is 12.2 Å². The number of benzene rings is 2. The van der Waals surface area contributed by atoms with Crippen molar-refractivity contribution in [3.8, 4) is 11.5 Å². The number of aromatic nitrogens is 3. The van der Waals surface area contributed by atoms with Gasteiger partial charge in [-0.15, -0.1) is 5.10 Å². The molecule has 0 aliphatic rings. The van der Waals surface area contributed by atoms with Crippen LogP contribution >= 0.6 is 0 Å². The molecule has 168 valence electrons. The molecule has 11 heteroatoms. The Morgan fingerprint density at radius 2 is 1.45 bits per heavy atom. The van der Waals surface area contributed by atoms with Crippen molar-refractivity contribution in [2.45, 2.75) is 32.2 Å². The van der Waals surface area contributed by atoms with Crippen molar-refractivity contribution in [1.82, 2.24) is 15.0 Å². The van der Waals surface area contributed by atoms with Crippen LogP contribution in [-0.4, -0.2) is 40.6 Å². The van der Waals surface area contributed by atoms with E-state index in [2.05, 4.69) is 10.3 Å². The number of rotatable bonds is 7. The van der Waals surface area contributed by atoms with Gasteiger partial charge in [-0.1, -0.05) is 31.2 Å². The summed E-state index contributed by atoms with van der Waals surface area (Å²) in [5.74, 6) is -0.735. The molecule has 31 heavy (non-hydrogen) atoms. The molecule has 0 bridgehead atoms. The fourth-order valence-corrected chi connectivity index (χ4v) is 3.21. The molecule has 0 aliphatic heterocycles. The van der Waals surface area contributed by atoms with Crippen molar-refractivity contribution in [3.63, 3.8) is 0 Å². The summed E-state index contributed by atoms with van der Waals surface area (Å²) >= 11 is 0. The Labute approximate surface area is 173 Å². The molecule has 0 aliphatic carbocycles. The number of hydrogen-bond acceptors (Lipinski definition) is 4. The van der Waals surface area contributed by atoms with E-state index >= 15 is 0 Å². The SMILES string of the molecule is CC(C)C(c1ccc2cc(OCC(F)(F)F)c(OCC(F)(F)F)cc2c1)n1ccnn1. The van der Waals surface area contributed by atoms with Crippen LogP contribution in [0.15, 0.2) is 42.7 Å². The van der Waals surface area contributed by atoms with Gasteiger partial charge in [-0.2, -0.15) is 26.3 Å². The Bertz CT molecular complexity index is 1020. The highest BCUT2D eigenvalue weighted by molar-refractivity contribution is 5.86. The van der Waals surface area contributed by atoms with Gasteiger partial charge in [0.15, 0.2) is 24.7 Å².